The predicted molar refractivity (Wildman–Crippen MR) is 166 cm³/mol. The van der Waals surface area contributed by atoms with E-state index >= 15 is 8.78 Å². The molecule has 1 aromatic heterocycles. The van der Waals surface area contributed by atoms with Crippen molar-refractivity contribution in [2.24, 2.45) is 0 Å². The van der Waals surface area contributed by atoms with Crippen molar-refractivity contribution < 1.29 is 28.0 Å². The van der Waals surface area contributed by atoms with E-state index < -0.39 is 42.3 Å². The number of piperidine rings is 1. The highest BCUT2D eigenvalue weighted by molar-refractivity contribution is 6.22. The number of rotatable bonds is 7. The second-order valence-electron chi connectivity index (χ2n) is 12.4. The van der Waals surface area contributed by atoms with Gasteiger partial charge in [-0.15, -0.1) is 0 Å². The molecule has 3 aromatic rings. The summed E-state index contributed by atoms with van der Waals surface area (Å²) in [5.41, 5.74) is 2.91. The van der Waals surface area contributed by atoms with Crippen molar-refractivity contribution in [3.63, 3.8) is 0 Å². The number of hydrogen-bond acceptors (Lipinski definition) is 8. The number of benzene rings is 2. The lowest BCUT2D eigenvalue weighted by molar-refractivity contribution is -0.135. The van der Waals surface area contributed by atoms with Gasteiger partial charge in [0.15, 0.2) is 0 Å². The van der Waals surface area contributed by atoms with Crippen molar-refractivity contribution in [3.8, 4) is 0 Å². The van der Waals surface area contributed by atoms with Crippen LogP contribution in [-0.4, -0.2) is 111 Å². The van der Waals surface area contributed by atoms with Gasteiger partial charge >= 0.3 is 6.03 Å². The first-order chi connectivity index (χ1) is 22.7. The number of amides is 5. The number of nitrogens with one attached hydrogen (secondary N) is 1. The molecule has 0 radical (unpaired) electrons. The van der Waals surface area contributed by atoms with Gasteiger partial charge in [-0.1, -0.05) is 42.5 Å². The molecule has 2 aromatic carbocycles. The van der Waals surface area contributed by atoms with Gasteiger partial charge in [0, 0.05) is 51.9 Å². The van der Waals surface area contributed by atoms with Crippen LogP contribution in [0.3, 0.4) is 0 Å². The number of imide groups is 2. The van der Waals surface area contributed by atoms with E-state index in [9.17, 15) is 19.2 Å². The topological polar surface area (TPSA) is 109 Å². The van der Waals surface area contributed by atoms with E-state index in [1.165, 1.54) is 12.1 Å². The van der Waals surface area contributed by atoms with Gasteiger partial charge in [0.1, 0.15) is 0 Å². The van der Waals surface area contributed by atoms with E-state index in [0.29, 0.717) is 44.7 Å². The highest BCUT2D eigenvalue weighted by Gasteiger charge is 2.48. The van der Waals surface area contributed by atoms with E-state index in [4.69, 9.17) is 0 Å². The Morgan fingerprint density at radius 1 is 0.851 bits per heavy atom. The lowest BCUT2D eigenvalue weighted by atomic mass is 9.96. The van der Waals surface area contributed by atoms with Gasteiger partial charge < -0.3 is 0 Å². The second-order valence-corrected chi connectivity index (χ2v) is 12.4. The Morgan fingerprint density at radius 2 is 1.60 bits per heavy atom. The van der Waals surface area contributed by atoms with Crippen molar-refractivity contribution >= 4 is 23.8 Å². The average molecular weight is 644 g/mol. The van der Waals surface area contributed by atoms with Gasteiger partial charge in [-0.3, -0.25) is 39.4 Å². The van der Waals surface area contributed by atoms with E-state index in [1.807, 2.05) is 41.3 Å². The van der Waals surface area contributed by atoms with Crippen LogP contribution in [0.25, 0.3) is 0 Å². The number of piperazine rings is 1. The minimum absolute atomic E-state index is 0.0381. The minimum atomic E-state index is -2.95. The number of fused-ring (bicyclic) bond motifs is 1. The summed E-state index contributed by atoms with van der Waals surface area (Å²) in [5.74, 6) is -4.77. The Morgan fingerprint density at radius 3 is 2.30 bits per heavy atom. The minimum Gasteiger partial charge on any atom is -0.293 e. The first-order valence-electron chi connectivity index (χ1n) is 15.9. The molecule has 0 bridgehead atoms. The summed E-state index contributed by atoms with van der Waals surface area (Å²) < 4.78 is 31.5. The van der Waals surface area contributed by atoms with Crippen LogP contribution in [0.15, 0.2) is 72.9 Å². The molecular formula is C34H35F2N7O4. The van der Waals surface area contributed by atoms with Crippen molar-refractivity contribution in [2.45, 2.75) is 37.4 Å². The number of alkyl halides is 2. The number of hydrazine groups is 1. The third-order valence-electron chi connectivity index (χ3n) is 9.49. The SMILES string of the molecule is O=C1CCN(N2C(=O)c3ccc(CN4CCC(N5CCN(C(c6ccccc6)c6ccccn6)CC5)C(F)(F)C4)cc3C2=O)C(=O)N1. The molecule has 7 rings (SSSR count). The van der Waals surface area contributed by atoms with Crippen molar-refractivity contribution in [1.29, 1.82) is 0 Å². The molecule has 47 heavy (non-hydrogen) atoms. The zero-order valence-corrected chi connectivity index (χ0v) is 25.7. The molecule has 244 valence electrons. The van der Waals surface area contributed by atoms with E-state index in [2.05, 4.69) is 27.3 Å². The van der Waals surface area contributed by atoms with Crippen LogP contribution in [0.2, 0.25) is 0 Å². The fraction of sp³-hybridized carbons (Fsp3) is 0.382. The lowest BCUT2D eigenvalue weighted by Crippen LogP contribution is -2.61. The third-order valence-corrected chi connectivity index (χ3v) is 9.49. The highest BCUT2D eigenvalue weighted by atomic mass is 19.3. The molecule has 2 atom stereocenters. The molecule has 13 heteroatoms. The number of pyridine rings is 1. The maximum Gasteiger partial charge on any atom is 0.343 e. The Kier molecular flexibility index (Phi) is 8.28. The normalized spacial score (nSPS) is 23.1. The Balaban J connectivity index is 0.982. The summed E-state index contributed by atoms with van der Waals surface area (Å²) >= 11 is 0. The number of carbonyl (C=O) groups is 4. The molecule has 4 aliphatic heterocycles. The van der Waals surface area contributed by atoms with Crippen LogP contribution in [0.4, 0.5) is 13.6 Å². The van der Waals surface area contributed by atoms with Gasteiger partial charge in [0.2, 0.25) is 5.91 Å². The molecular weight excluding hydrogens is 608 g/mol. The summed E-state index contributed by atoms with van der Waals surface area (Å²) in [5, 5.41) is 3.78. The number of aromatic nitrogens is 1. The number of nitrogens with zero attached hydrogens (tertiary/aromatic N) is 6. The van der Waals surface area contributed by atoms with Crippen molar-refractivity contribution in [1.82, 2.24) is 35.0 Å². The van der Waals surface area contributed by atoms with Gasteiger partial charge in [-0.2, -0.15) is 5.01 Å². The van der Waals surface area contributed by atoms with Gasteiger partial charge in [0.25, 0.3) is 17.7 Å². The second kappa shape index (κ2) is 12.5. The molecule has 11 nitrogen and oxygen atoms in total. The molecule has 4 aliphatic rings. The standard InChI is InChI=1S/C34H35F2N7O4/c35-34(36)22-39(21-23-9-10-25-26(20-23)32(46)43(31(25)45)42-15-12-29(44)38-33(42)47)14-11-28(34)40-16-18-41(19-17-40)30(24-6-2-1-3-7-24)27-8-4-5-13-37-27/h1-10,13,20,28,30H,11-12,14-19,21-22H2,(H,38,44,47). The zero-order valence-electron chi connectivity index (χ0n) is 25.7. The van der Waals surface area contributed by atoms with Crippen LogP contribution >= 0.6 is 0 Å². The quantitative estimate of drug-likeness (QED) is 0.392. The van der Waals surface area contributed by atoms with Crippen LogP contribution < -0.4 is 5.32 Å². The first-order valence-corrected chi connectivity index (χ1v) is 15.9. The summed E-state index contributed by atoms with van der Waals surface area (Å²) in [6, 6.07) is 18.9. The summed E-state index contributed by atoms with van der Waals surface area (Å²) in [6.07, 6.45) is 2.04. The lowest BCUT2D eigenvalue weighted by Gasteiger charge is -2.47. The largest absolute Gasteiger partial charge is 0.343 e. The van der Waals surface area contributed by atoms with Crippen LogP contribution in [0, 0.1) is 0 Å². The van der Waals surface area contributed by atoms with Crippen LogP contribution in [0.1, 0.15) is 56.4 Å². The average Bonchev–Trinajstić information content (AvgIpc) is 3.31. The van der Waals surface area contributed by atoms with E-state index in [1.54, 1.807) is 17.2 Å². The van der Waals surface area contributed by atoms with Crippen LogP contribution in [0.5, 0.6) is 0 Å². The number of hydrogen-bond donors (Lipinski definition) is 1. The summed E-state index contributed by atoms with van der Waals surface area (Å²) in [6.45, 7) is 2.46. The Hall–Kier alpha value is -4.59. The molecule has 0 spiro atoms. The van der Waals surface area contributed by atoms with Gasteiger partial charge in [0.05, 0.1) is 42.0 Å². The first kappa shape index (κ1) is 31.0. The fourth-order valence-corrected chi connectivity index (χ4v) is 7.23. The molecule has 0 saturated carbocycles. The van der Waals surface area contributed by atoms with E-state index in [-0.39, 0.29) is 36.7 Å². The zero-order chi connectivity index (χ0) is 32.7. The maximum absolute atomic E-state index is 15.8. The van der Waals surface area contributed by atoms with Gasteiger partial charge in [-0.25, -0.2) is 18.6 Å². The molecule has 3 fully saturated rings. The summed E-state index contributed by atoms with van der Waals surface area (Å²) in [7, 11) is 0. The Labute approximate surface area is 270 Å². The molecule has 5 amide bonds. The molecule has 2 unspecified atom stereocenters. The van der Waals surface area contributed by atoms with Crippen LogP contribution in [-0.2, 0) is 11.3 Å². The van der Waals surface area contributed by atoms with E-state index in [0.717, 1.165) is 21.3 Å². The summed E-state index contributed by atoms with van der Waals surface area (Å²) in [4.78, 5) is 60.5. The molecule has 5 heterocycles. The highest BCUT2D eigenvalue weighted by Crippen LogP contribution is 2.35. The number of urea groups is 1. The predicted octanol–water partition coefficient (Wildman–Crippen LogP) is 3.15. The van der Waals surface area contributed by atoms with Crippen molar-refractivity contribution in [3.05, 3.63) is 101 Å². The molecule has 0 aliphatic carbocycles. The maximum atomic E-state index is 15.8. The smallest absolute Gasteiger partial charge is 0.293 e. The number of likely N-dealkylation sites (tertiary alicyclic amines) is 1. The molecule has 3 saturated heterocycles. The third kappa shape index (κ3) is 6.01. The molecule has 1 N–H and O–H groups in total. The number of halogens is 2. The van der Waals surface area contributed by atoms with Gasteiger partial charge in [-0.05, 0) is 41.8 Å². The van der Waals surface area contributed by atoms with Crippen molar-refractivity contribution in [2.75, 3.05) is 45.8 Å². The number of carbonyl (C=O) groups excluding carboxylic acids is 4. The fourth-order valence-electron chi connectivity index (χ4n) is 7.23. The Bertz CT molecular complexity index is 1640. The monoisotopic (exact) mass is 643 g/mol.